The number of carboxylic acids is 1. The lowest BCUT2D eigenvalue weighted by Crippen LogP contribution is -2.06. The SMILES string of the molecule is CCCCCCCC/C(C#N)=C(/OC)C(=O)O. The molecule has 0 aliphatic rings. The van der Waals surface area contributed by atoms with Gasteiger partial charge in [0.25, 0.3) is 0 Å². The smallest absolute Gasteiger partial charge is 0.372 e. The average molecular weight is 239 g/mol. The molecule has 0 heterocycles. The number of methoxy groups -OCH3 is 1. The van der Waals surface area contributed by atoms with Crippen LogP contribution in [-0.4, -0.2) is 18.2 Å². The second-order valence-electron chi connectivity index (χ2n) is 3.95. The Morgan fingerprint density at radius 1 is 1.24 bits per heavy atom. The van der Waals surface area contributed by atoms with Gasteiger partial charge in [0, 0.05) is 0 Å². The van der Waals surface area contributed by atoms with E-state index in [1.54, 1.807) is 0 Å². The molecule has 1 N–H and O–H groups in total. The van der Waals surface area contributed by atoms with Gasteiger partial charge in [0.05, 0.1) is 18.8 Å². The summed E-state index contributed by atoms with van der Waals surface area (Å²) in [7, 11) is 1.28. The monoisotopic (exact) mass is 239 g/mol. The number of nitriles is 1. The Hall–Kier alpha value is -1.50. The minimum Gasteiger partial charge on any atom is -0.489 e. The number of hydrogen-bond acceptors (Lipinski definition) is 3. The third-order valence-electron chi connectivity index (χ3n) is 2.59. The highest BCUT2D eigenvalue weighted by molar-refractivity contribution is 5.86. The molecule has 96 valence electrons. The van der Waals surface area contributed by atoms with E-state index < -0.39 is 5.97 Å². The average Bonchev–Trinajstić information content (AvgIpc) is 2.31. The minimum atomic E-state index is -1.17. The van der Waals surface area contributed by atoms with Gasteiger partial charge in [-0.3, -0.25) is 0 Å². The van der Waals surface area contributed by atoms with E-state index in [2.05, 4.69) is 6.92 Å². The number of aliphatic carboxylic acids is 1. The van der Waals surface area contributed by atoms with Crippen molar-refractivity contribution in [3.8, 4) is 6.07 Å². The lowest BCUT2D eigenvalue weighted by atomic mass is 10.0. The summed E-state index contributed by atoms with van der Waals surface area (Å²) < 4.78 is 4.72. The number of unbranched alkanes of at least 4 members (excludes halogenated alkanes) is 5. The molecule has 0 aromatic rings. The predicted molar refractivity (Wildman–Crippen MR) is 65.3 cm³/mol. The quantitative estimate of drug-likeness (QED) is 0.290. The van der Waals surface area contributed by atoms with E-state index in [9.17, 15) is 4.79 Å². The number of allylic oxidation sites excluding steroid dienone is 1. The van der Waals surface area contributed by atoms with E-state index in [-0.39, 0.29) is 11.3 Å². The van der Waals surface area contributed by atoms with E-state index in [0.717, 1.165) is 19.3 Å². The largest absolute Gasteiger partial charge is 0.489 e. The van der Waals surface area contributed by atoms with Crippen molar-refractivity contribution in [1.82, 2.24) is 0 Å². The first-order chi connectivity index (χ1) is 8.17. The molecule has 0 saturated heterocycles. The highest BCUT2D eigenvalue weighted by atomic mass is 16.5. The molecule has 4 heteroatoms. The molecule has 0 atom stereocenters. The van der Waals surface area contributed by atoms with Gasteiger partial charge in [-0.1, -0.05) is 39.0 Å². The number of carboxylic acid groups (broad SMARTS) is 1. The second-order valence-corrected chi connectivity index (χ2v) is 3.95. The fraction of sp³-hybridized carbons (Fsp3) is 0.692. The number of carbonyl (C=O) groups is 1. The number of hydrogen-bond donors (Lipinski definition) is 1. The Morgan fingerprint density at radius 2 is 1.82 bits per heavy atom. The number of nitrogens with zero attached hydrogens (tertiary/aromatic N) is 1. The van der Waals surface area contributed by atoms with Crippen molar-refractivity contribution in [3.63, 3.8) is 0 Å². The van der Waals surface area contributed by atoms with Gasteiger partial charge in [-0.25, -0.2) is 4.79 Å². The summed E-state index contributed by atoms with van der Waals surface area (Å²) in [6.07, 6.45) is 7.14. The van der Waals surface area contributed by atoms with Crippen LogP contribution in [0.4, 0.5) is 0 Å². The topological polar surface area (TPSA) is 70.3 Å². The molecule has 17 heavy (non-hydrogen) atoms. The van der Waals surface area contributed by atoms with Crippen LogP contribution in [0.25, 0.3) is 0 Å². The van der Waals surface area contributed by atoms with E-state index in [4.69, 9.17) is 15.1 Å². The molecule has 0 aliphatic carbocycles. The Labute approximate surface area is 103 Å². The van der Waals surface area contributed by atoms with Gasteiger partial charge >= 0.3 is 5.97 Å². The molecule has 0 unspecified atom stereocenters. The molecule has 0 rings (SSSR count). The van der Waals surface area contributed by atoms with Crippen molar-refractivity contribution < 1.29 is 14.6 Å². The summed E-state index contributed by atoms with van der Waals surface area (Å²) in [5.74, 6) is -1.39. The molecule has 4 nitrogen and oxygen atoms in total. The Balaban J connectivity index is 4.07. The Morgan fingerprint density at radius 3 is 2.29 bits per heavy atom. The zero-order valence-electron chi connectivity index (χ0n) is 10.7. The third kappa shape index (κ3) is 6.62. The van der Waals surface area contributed by atoms with Crippen molar-refractivity contribution in [2.45, 2.75) is 51.9 Å². The van der Waals surface area contributed by atoms with E-state index in [1.807, 2.05) is 6.07 Å². The molecule has 0 aromatic carbocycles. The number of ether oxygens (including phenoxy) is 1. The van der Waals surface area contributed by atoms with Gasteiger partial charge in [0.1, 0.15) is 0 Å². The van der Waals surface area contributed by atoms with Crippen LogP contribution in [0.3, 0.4) is 0 Å². The first-order valence-electron chi connectivity index (χ1n) is 6.07. The van der Waals surface area contributed by atoms with Gasteiger partial charge in [-0.15, -0.1) is 0 Å². The van der Waals surface area contributed by atoms with E-state index in [0.29, 0.717) is 6.42 Å². The fourth-order valence-corrected chi connectivity index (χ4v) is 1.64. The first kappa shape index (κ1) is 15.5. The van der Waals surface area contributed by atoms with Gasteiger partial charge in [0.15, 0.2) is 0 Å². The molecule has 0 amide bonds. The van der Waals surface area contributed by atoms with Crippen LogP contribution in [0.5, 0.6) is 0 Å². The maximum Gasteiger partial charge on any atom is 0.372 e. The van der Waals surface area contributed by atoms with Gasteiger partial charge in [-0.05, 0) is 12.8 Å². The van der Waals surface area contributed by atoms with Crippen LogP contribution in [0.2, 0.25) is 0 Å². The van der Waals surface area contributed by atoms with Crippen molar-refractivity contribution in [2.24, 2.45) is 0 Å². The molecule has 0 aliphatic heterocycles. The standard InChI is InChI=1S/C13H21NO3/c1-3-4-5-6-7-8-9-11(10-14)12(17-2)13(15)16/h3-9H2,1-2H3,(H,15,16)/b12-11-. The van der Waals surface area contributed by atoms with Crippen LogP contribution < -0.4 is 0 Å². The zero-order chi connectivity index (χ0) is 13.1. The summed E-state index contributed by atoms with van der Waals surface area (Å²) in [6, 6.07) is 1.91. The molecule has 0 bridgehead atoms. The van der Waals surface area contributed by atoms with Gasteiger partial charge in [0.2, 0.25) is 5.76 Å². The van der Waals surface area contributed by atoms with E-state index in [1.165, 1.54) is 26.4 Å². The fourth-order valence-electron chi connectivity index (χ4n) is 1.64. The summed E-state index contributed by atoms with van der Waals surface area (Å²) in [5, 5.41) is 17.7. The lowest BCUT2D eigenvalue weighted by molar-refractivity contribution is -0.136. The molecule has 0 fully saturated rings. The maximum absolute atomic E-state index is 10.8. The number of rotatable bonds is 9. The summed E-state index contributed by atoms with van der Waals surface area (Å²) >= 11 is 0. The van der Waals surface area contributed by atoms with Crippen molar-refractivity contribution >= 4 is 5.97 Å². The molecular formula is C13H21NO3. The molecule has 0 spiro atoms. The normalized spacial score (nSPS) is 11.6. The predicted octanol–water partition coefficient (Wildman–Crippen LogP) is 3.25. The van der Waals surface area contributed by atoms with E-state index >= 15 is 0 Å². The highest BCUT2D eigenvalue weighted by Crippen LogP contribution is 2.15. The second kappa shape index (κ2) is 9.71. The van der Waals surface area contributed by atoms with Crippen LogP contribution in [0.15, 0.2) is 11.3 Å². The Kier molecular flexibility index (Phi) is 8.85. The molecule has 0 aromatic heterocycles. The highest BCUT2D eigenvalue weighted by Gasteiger charge is 2.14. The zero-order valence-corrected chi connectivity index (χ0v) is 10.7. The third-order valence-corrected chi connectivity index (χ3v) is 2.59. The molecule has 0 saturated carbocycles. The molecule has 0 radical (unpaired) electrons. The lowest BCUT2D eigenvalue weighted by Gasteiger charge is -2.04. The summed E-state index contributed by atoms with van der Waals surface area (Å²) in [4.78, 5) is 10.8. The maximum atomic E-state index is 10.8. The first-order valence-corrected chi connectivity index (χ1v) is 6.07. The van der Waals surface area contributed by atoms with Gasteiger partial charge < -0.3 is 9.84 Å². The van der Waals surface area contributed by atoms with Crippen molar-refractivity contribution in [1.29, 1.82) is 5.26 Å². The minimum absolute atomic E-state index is 0.221. The molecular weight excluding hydrogens is 218 g/mol. The van der Waals surface area contributed by atoms with Crippen molar-refractivity contribution in [3.05, 3.63) is 11.3 Å². The van der Waals surface area contributed by atoms with Crippen molar-refractivity contribution in [2.75, 3.05) is 7.11 Å². The van der Waals surface area contributed by atoms with Crippen LogP contribution in [0.1, 0.15) is 51.9 Å². The summed E-state index contributed by atoms with van der Waals surface area (Å²) in [6.45, 7) is 2.16. The van der Waals surface area contributed by atoms with Gasteiger partial charge in [-0.2, -0.15) is 5.26 Å². The summed E-state index contributed by atoms with van der Waals surface area (Å²) in [5.41, 5.74) is 0.232. The van der Waals surface area contributed by atoms with Crippen LogP contribution >= 0.6 is 0 Å². The Bertz CT molecular complexity index is 302. The van der Waals surface area contributed by atoms with Crippen LogP contribution in [0, 0.1) is 11.3 Å². The van der Waals surface area contributed by atoms with Crippen LogP contribution in [-0.2, 0) is 9.53 Å².